The zero-order valence-corrected chi connectivity index (χ0v) is 10.1. The number of sulfonamides is 1. The normalized spacial score (nSPS) is 10.9. The molecule has 16 heavy (non-hydrogen) atoms. The maximum atomic E-state index is 11.2. The lowest BCUT2D eigenvalue weighted by Crippen LogP contribution is -2.12. The van der Waals surface area contributed by atoms with Gasteiger partial charge in [0.1, 0.15) is 11.0 Å². The van der Waals surface area contributed by atoms with Crippen LogP contribution in [0.25, 0.3) is 0 Å². The lowest BCUT2D eigenvalue weighted by Gasteiger charge is -2.05. The van der Waals surface area contributed by atoms with Crippen molar-refractivity contribution >= 4 is 33.4 Å². The van der Waals surface area contributed by atoms with E-state index in [0.29, 0.717) is 0 Å². The first kappa shape index (κ1) is 12.7. The highest BCUT2D eigenvalue weighted by atomic mass is 35.5. The molecule has 0 fully saturated rings. The molecule has 1 N–H and O–H groups in total. The quantitative estimate of drug-likeness (QED) is 0.647. The van der Waals surface area contributed by atoms with Crippen molar-refractivity contribution in [1.82, 2.24) is 4.98 Å². The number of aromatic nitrogens is 1. The Bertz CT molecular complexity index is 515. The van der Waals surface area contributed by atoms with Crippen LogP contribution in [0.5, 0.6) is 0 Å². The third-order valence-electron chi connectivity index (χ3n) is 1.51. The summed E-state index contributed by atoms with van der Waals surface area (Å²) in [5, 5.41) is -0.00551. The topological polar surface area (TPSA) is 85.4 Å². The SMILES string of the molecule is COC(=O)c1cc(Cl)nc(NS(C)(=O)=O)c1. The number of carbonyl (C=O) groups excluding carboxylic acids is 1. The Hall–Kier alpha value is -1.34. The molecule has 0 unspecified atom stereocenters. The molecular formula is C8H9ClN2O4S. The predicted octanol–water partition coefficient (Wildman–Crippen LogP) is 0.893. The van der Waals surface area contributed by atoms with Gasteiger partial charge >= 0.3 is 5.97 Å². The van der Waals surface area contributed by atoms with E-state index in [-0.39, 0.29) is 16.5 Å². The molecule has 0 aromatic carbocycles. The van der Waals surface area contributed by atoms with E-state index in [1.807, 2.05) is 0 Å². The number of nitrogens with one attached hydrogen (secondary N) is 1. The smallest absolute Gasteiger partial charge is 0.338 e. The summed E-state index contributed by atoms with van der Waals surface area (Å²) in [6, 6.07) is 2.51. The molecule has 8 heteroatoms. The molecule has 1 heterocycles. The van der Waals surface area contributed by atoms with Crippen molar-refractivity contribution in [2.24, 2.45) is 0 Å². The summed E-state index contributed by atoms with van der Waals surface area (Å²) < 4.78 is 28.5. The number of pyridine rings is 1. The molecule has 0 spiro atoms. The zero-order valence-electron chi connectivity index (χ0n) is 8.52. The van der Waals surface area contributed by atoms with Gasteiger partial charge in [0.05, 0.1) is 18.9 Å². The van der Waals surface area contributed by atoms with Crippen LogP contribution in [0.1, 0.15) is 10.4 Å². The number of rotatable bonds is 3. The van der Waals surface area contributed by atoms with Gasteiger partial charge in [-0.3, -0.25) is 4.72 Å². The summed E-state index contributed by atoms with van der Waals surface area (Å²) in [6.45, 7) is 0. The molecule has 0 atom stereocenters. The monoisotopic (exact) mass is 264 g/mol. The highest BCUT2D eigenvalue weighted by molar-refractivity contribution is 7.92. The Morgan fingerprint density at radius 2 is 2.12 bits per heavy atom. The van der Waals surface area contributed by atoms with Crippen LogP contribution in [0.15, 0.2) is 12.1 Å². The summed E-state index contributed by atoms with van der Waals surface area (Å²) in [5.74, 6) is -0.656. The fourth-order valence-electron chi connectivity index (χ4n) is 0.975. The average molecular weight is 265 g/mol. The van der Waals surface area contributed by atoms with Gasteiger partial charge in [-0.15, -0.1) is 0 Å². The number of ether oxygens (including phenoxy) is 1. The van der Waals surface area contributed by atoms with E-state index in [2.05, 4.69) is 14.4 Å². The standard InChI is InChI=1S/C8H9ClN2O4S/c1-15-8(12)5-3-6(9)10-7(4-5)11-16(2,13)14/h3-4H,1-2H3,(H,10,11). The van der Waals surface area contributed by atoms with Gasteiger partial charge in [0.25, 0.3) is 0 Å². The Balaban J connectivity index is 3.13. The Morgan fingerprint density at radius 3 is 2.62 bits per heavy atom. The van der Waals surface area contributed by atoms with Crippen molar-refractivity contribution in [3.05, 3.63) is 22.8 Å². The van der Waals surface area contributed by atoms with Gasteiger partial charge in [-0.1, -0.05) is 11.6 Å². The molecular weight excluding hydrogens is 256 g/mol. The molecule has 0 radical (unpaired) electrons. The molecule has 88 valence electrons. The number of hydrogen-bond acceptors (Lipinski definition) is 5. The van der Waals surface area contributed by atoms with E-state index < -0.39 is 16.0 Å². The van der Waals surface area contributed by atoms with E-state index in [4.69, 9.17) is 11.6 Å². The number of nitrogens with zero attached hydrogens (tertiary/aromatic N) is 1. The third kappa shape index (κ3) is 3.67. The van der Waals surface area contributed by atoms with Crippen LogP contribution in [0.3, 0.4) is 0 Å². The molecule has 0 bridgehead atoms. The third-order valence-corrected chi connectivity index (χ3v) is 2.28. The average Bonchev–Trinajstić information content (AvgIpc) is 2.12. The first-order valence-corrected chi connectivity index (χ1v) is 6.32. The van der Waals surface area contributed by atoms with Crippen molar-refractivity contribution in [3.8, 4) is 0 Å². The molecule has 0 aliphatic heterocycles. The number of anilines is 1. The van der Waals surface area contributed by atoms with Crippen LogP contribution >= 0.6 is 11.6 Å². The van der Waals surface area contributed by atoms with E-state index in [0.717, 1.165) is 6.26 Å². The molecule has 1 aromatic rings. The van der Waals surface area contributed by atoms with Gasteiger partial charge in [0.2, 0.25) is 10.0 Å². The summed E-state index contributed by atoms with van der Waals surface area (Å²) in [6.07, 6.45) is 0.966. The van der Waals surface area contributed by atoms with Gasteiger partial charge in [0, 0.05) is 0 Å². The summed E-state index contributed by atoms with van der Waals surface area (Å²) in [4.78, 5) is 14.9. The van der Waals surface area contributed by atoms with Gasteiger partial charge in [-0.25, -0.2) is 18.2 Å². The fourth-order valence-corrected chi connectivity index (χ4v) is 1.67. The summed E-state index contributed by atoms with van der Waals surface area (Å²) in [7, 11) is -2.26. The second kappa shape index (κ2) is 4.67. The number of methoxy groups -OCH3 is 1. The van der Waals surface area contributed by atoms with Crippen LogP contribution in [0, 0.1) is 0 Å². The van der Waals surface area contributed by atoms with E-state index in [1.165, 1.54) is 19.2 Å². The molecule has 6 nitrogen and oxygen atoms in total. The van der Waals surface area contributed by atoms with Gasteiger partial charge in [-0.2, -0.15) is 0 Å². The number of esters is 1. The van der Waals surface area contributed by atoms with Crippen LogP contribution in [0.2, 0.25) is 5.15 Å². The maximum Gasteiger partial charge on any atom is 0.338 e. The summed E-state index contributed by atoms with van der Waals surface area (Å²) >= 11 is 5.63. The van der Waals surface area contributed by atoms with Gasteiger partial charge < -0.3 is 4.74 Å². The summed E-state index contributed by atoms with van der Waals surface area (Å²) in [5.41, 5.74) is 0.119. The Morgan fingerprint density at radius 1 is 1.50 bits per heavy atom. The minimum Gasteiger partial charge on any atom is -0.465 e. The van der Waals surface area contributed by atoms with E-state index >= 15 is 0 Å². The maximum absolute atomic E-state index is 11.2. The van der Waals surface area contributed by atoms with Crippen LogP contribution in [0.4, 0.5) is 5.82 Å². The second-order valence-corrected chi connectivity index (χ2v) is 5.07. The molecule has 0 aliphatic rings. The first-order valence-electron chi connectivity index (χ1n) is 4.05. The van der Waals surface area contributed by atoms with Crippen molar-refractivity contribution < 1.29 is 17.9 Å². The first-order chi connectivity index (χ1) is 7.31. The van der Waals surface area contributed by atoms with Crippen molar-refractivity contribution in [1.29, 1.82) is 0 Å². The fraction of sp³-hybridized carbons (Fsp3) is 0.250. The van der Waals surface area contributed by atoms with Crippen molar-refractivity contribution in [2.75, 3.05) is 18.1 Å². The Kier molecular flexibility index (Phi) is 3.71. The zero-order chi connectivity index (χ0) is 12.3. The highest BCUT2D eigenvalue weighted by Gasteiger charge is 2.11. The second-order valence-electron chi connectivity index (χ2n) is 2.93. The molecule has 0 amide bonds. The molecule has 0 aliphatic carbocycles. The minimum absolute atomic E-state index is 0.00551. The van der Waals surface area contributed by atoms with Crippen molar-refractivity contribution in [2.45, 2.75) is 0 Å². The minimum atomic E-state index is -3.47. The lowest BCUT2D eigenvalue weighted by atomic mass is 10.2. The number of hydrogen-bond donors (Lipinski definition) is 1. The van der Waals surface area contributed by atoms with Gasteiger partial charge in [0.15, 0.2) is 0 Å². The predicted molar refractivity (Wildman–Crippen MR) is 59.1 cm³/mol. The number of halogens is 1. The molecule has 1 aromatic heterocycles. The van der Waals surface area contributed by atoms with Gasteiger partial charge in [-0.05, 0) is 12.1 Å². The van der Waals surface area contributed by atoms with Crippen molar-refractivity contribution in [3.63, 3.8) is 0 Å². The van der Waals surface area contributed by atoms with E-state index in [1.54, 1.807) is 0 Å². The van der Waals surface area contributed by atoms with Crippen LogP contribution < -0.4 is 4.72 Å². The number of carbonyl (C=O) groups is 1. The van der Waals surface area contributed by atoms with Crippen LogP contribution in [-0.2, 0) is 14.8 Å². The van der Waals surface area contributed by atoms with E-state index in [9.17, 15) is 13.2 Å². The largest absolute Gasteiger partial charge is 0.465 e. The Labute approximate surface area is 97.6 Å². The van der Waals surface area contributed by atoms with Crippen LogP contribution in [-0.4, -0.2) is 32.7 Å². The highest BCUT2D eigenvalue weighted by Crippen LogP contribution is 2.15. The molecule has 1 rings (SSSR count). The lowest BCUT2D eigenvalue weighted by molar-refractivity contribution is 0.0600. The molecule has 0 saturated carbocycles. The molecule has 0 saturated heterocycles.